The minimum Gasteiger partial charge on any atom is -0.497 e. The number of carbonyl (C=O) groups excluding carboxylic acids is 1. The molecule has 0 heterocycles. The van der Waals surface area contributed by atoms with Gasteiger partial charge in [0, 0.05) is 19.5 Å². The second-order valence-electron chi connectivity index (χ2n) is 5.69. The van der Waals surface area contributed by atoms with Gasteiger partial charge in [0.05, 0.1) is 7.11 Å². The maximum Gasteiger partial charge on any atom is 0.221 e. The Morgan fingerprint density at radius 2 is 1.67 bits per heavy atom. The van der Waals surface area contributed by atoms with Gasteiger partial charge in [-0.1, -0.05) is 42.5 Å². The number of ether oxygens (including phenoxy) is 1. The molecule has 2 rings (SSSR count). The molecule has 0 saturated heterocycles. The molecule has 0 unspecified atom stereocenters. The van der Waals surface area contributed by atoms with Gasteiger partial charge >= 0.3 is 0 Å². The van der Waals surface area contributed by atoms with Crippen molar-refractivity contribution in [2.75, 3.05) is 26.7 Å². The highest BCUT2D eigenvalue weighted by Gasteiger charge is 2.01. The molecule has 0 atom stereocenters. The number of hydrogen-bond donors (Lipinski definition) is 2. The topological polar surface area (TPSA) is 50.4 Å². The summed E-state index contributed by atoms with van der Waals surface area (Å²) >= 11 is 0. The van der Waals surface area contributed by atoms with Crippen LogP contribution in [0.15, 0.2) is 54.6 Å². The van der Waals surface area contributed by atoms with Crippen LogP contribution in [0.2, 0.25) is 0 Å². The number of amides is 1. The van der Waals surface area contributed by atoms with E-state index in [0.29, 0.717) is 19.5 Å². The van der Waals surface area contributed by atoms with Crippen LogP contribution in [0.4, 0.5) is 0 Å². The van der Waals surface area contributed by atoms with Crippen molar-refractivity contribution >= 4 is 5.91 Å². The second kappa shape index (κ2) is 10.4. The summed E-state index contributed by atoms with van der Waals surface area (Å²) in [6.45, 7) is 2.23. The highest BCUT2D eigenvalue weighted by Crippen LogP contribution is 2.12. The van der Waals surface area contributed by atoms with E-state index in [0.717, 1.165) is 25.1 Å². The fraction of sp³-hybridized carbons (Fsp3) is 0.350. The summed E-state index contributed by atoms with van der Waals surface area (Å²) in [6.07, 6.45) is 2.30. The van der Waals surface area contributed by atoms with E-state index >= 15 is 0 Å². The lowest BCUT2D eigenvalue weighted by Crippen LogP contribution is -2.29. The Labute approximate surface area is 144 Å². The minimum absolute atomic E-state index is 0.0970. The molecule has 2 aromatic rings. The largest absolute Gasteiger partial charge is 0.497 e. The normalized spacial score (nSPS) is 10.4. The maximum atomic E-state index is 11.8. The first-order chi connectivity index (χ1) is 11.8. The maximum absolute atomic E-state index is 11.8. The number of nitrogens with one attached hydrogen (secondary N) is 2. The van der Waals surface area contributed by atoms with Crippen LogP contribution in [-0.4, -0.2) is 32.7 Å². The summed E-state index contributed by atoms with van der Waals surface area (Å²) in [5.41, 5.74) is 2.48. The molecular weight excluding hydrogens is 300 g/mol. The van der Waals surface area contributed by atoms with Gasteiger partial charge in [0.2, 0.25) is 5.91 Å². The fourth-order valence-corrected chi connectivity index (χ4v) is 2.47. The van der Waals surface area contributed by atoms with E-state index in [1.807, 2.05) is 36.4 Å². The van der Waals surface area contributed by atoms with Crippen molar-refractivity contribution in [3.8, 4) is 5.75 Å². The molecule has 4 nitrogen and oxygen atoms in total. The zero-order valence-corrected chi connectivity index (χ0v) is 14.3. The minimum atomic E-state index is 0.0970. The van der Waals surface area contributed by atoms with Crippen molar-refractivity contribution in [2.24, 2.45) is 0 Å². The molecule has 128 valence electrons. The van der Waals surface area contributed by atoms with E-state index in [9.17, 15) is 4.79 Å². The van der Waals surface area contributed by atoms with E-state index in [-0.39, 0.29) is 5.91 Å². The quantitative estimate of drug-likeness (QED) is 0.660. The molecule has 0 aliphatic heterocycles. The van der Waals surface area contributed by atoms with Gasteiger partial charge in [0.25, 0.3) is 0 Å². The Kier molecular flexibility index (Phi) is 7.84. The molecule has 1 amide bonds. The summed E-state index contributed by atoms with van der Waals surface area (Å²) in [6, 6.07) is 18.2. The lowest BCUT2D eigenvalue weighted by atomic mass is 10.1. The molecule has 24 heavy (non-hydrogen) atoms. The molecule has 0 aromatic heterocycles. The van der Waals surface area contributed by atoms with Gasteiger partial charge in [-0.15, -0.1) is 0 Å². The molecule has 0 bridgehead atoms. The van der Waals surface area contributed by atoms with Crippen molar-refractivity contribution in [1.29, 1.82) is 0 Å². The smallest absolute Gasteiger partial charge is 0.221 e. The van der Waals surface area contributed by atoms with Gasteiger partial charge in [0.1, 0.15) is 5.75 Å². The van der Waals surface area contributed by atoms with Crippen molar-refractivity contribution < 1.29 is 9.53 Å². The van der Waals surface area contributed by atoms with Crippen molar-refractivity contribution in [3.05, 3.63) is 65.7 Å². The molecular formula is C20H26N2O2. The number of carbonyl (C=O) groups is 1. The average Bonchev–Trinajstić information content (AvgIpc) is 2.62. The summed E-state index contributed by atoms with van der Waals surface area (Å²) in [4.78, 5) is 11.8. The van der Waals surface area contributed by atoms with Crippen LogP contribution in [0.25, 0.3) is 0 Å². The number of rotatable bonds is 10. The number of hydrogen-bond acceptors (Lipinski definition) is 3. The van der Waals surface area contributed by atoms with Crippen molar-refractivity contribution in [3.63, 3.8) is 0 Å². The van der Waals surface area contributed by atoms with Crippen LogP contribution in [0, 0.1) is 0 Å². The first-order valence-corrected chi connectivity index (χ1v) is 8.42. The lowest BCUT2D eigenvalue weighted by Gasteiger charge is -2.07. The molecule has 2 aromatic carbocycles. The highest BCUT2D eigenvalue weighted by molar-refractivity contribution is 5.76. The predicted octanol–water partition coefficient (Wildman–Crippen LogP) is 2.58. The summed E-state index contributed by atoms with van der Waals surface area (Å²) in [7, 11) is 1.67. The third kappa shape index (κ3) is 6.84. The van der Waals surface area contributed by atoms with Crippen LogP contribution in [-0.2, 0) is 17.6 Å². The van der Waals surface area contributed by atoms with Crippen molar-refractivity contribution in [2.45, 2.75) is 19.3 Å². The van der Waals surface area contributed by atoms with E-state index < -0.39 is 0 Å². The number of methoxy groups -OCH3 is 1. The number of benzene rings is 2. The molecule has 0 fully saturated rings. The first-order valence-electron chi connectivity index (χ1n) is 8.42. The molecule has 0 spiro atoms. The fourth-order valence-electron chi connectivity index (χ4n) is 2.47. The van der Waals surface area contributed by atoms with E-state index in [1.165, 1.54) is 11.1 Å². The van der Waals surface area contributed by atoms with Gasteiger partial charge in [-0.3, -0.25) is 4.79 Å². The van der Waals surface area contributed by atoms with Crippen LogP contribution in [0.1, 0.15) is 17.5 Å². The van der Waals surface area contributed by atoms with Gasteiger partial charge in [0.15, 0.2) is 0 Å². The first kappa shape index (κ1) is 18.0. The Morgan fingerprint density at radius 1 is 0.917 bits per heavy atom. The van der Waals surface area contributed by atoms with E-state index in [1.54, 1.807) is 7.11 Å². The average molecular weight is 326 g/mol. The van der Waals surface area contributed by atoms with Crippen LogP contribution in [0.5, 0.6) is 5.75 Å². The van der Waals surface area contributed by atoms with Gasteiger partial charge in [-0.2, -0.15) is 0 Å². The molecule has 4 heteroatoms. The van der Waals surface area contributed by atoms with Crippen LogP contribution >= 0.6 is 0 Å². The van der Waals surface area contributed by atoms with Crippen molar-refractivity contribution in [1.82, 2.24) is 10.6 Å². The van der Waals surface area contributed by atoms with Gasteiger partial charge in [-0.05, 0) is 42.6 Å². The Hall–Kier alpha value is -2.33. The summed E-state index contributed by atoms with van der Waals surface area (Å²) in [5.74, 6) is 0.977. The zero-order valence-electron chi connectivity index (χ0n) is 14.3. The molecule has 0 saturated carbocycles. The van der Waals surface area contributed by atoms with E-state index in [2.05, 4.69) is 28.8 Å². The monoisotopic (exact) mass is 326 g/mol. The molecule has 0 radical (unpaired) electrons. The molecule has 2 N–H and O–H groups in total. The Bertz CT molecular complexity index is 614. The predicted molar refractivity (Wildman–Crippen MR) is 97.3 cm³/mol. The molecule has 0 aliphatic carbocycles. The zero-order chi connectivity index (χ0) is 17.0. The van der Waals surface area contributed by atoms with Gasteiger partial charge < -0.3 is 15.4 Å². The summed E-state index contributed by atoms with van der Waals surface area (Å²) in [5, 5.41) is 6.27. The summed E-state index contributed by atoms with van der Waals surface area (Å²) < 4.78 is 5.21. The Morgan fingerprint density at radius 3 is 2.46 bits per heavy atom. The van der Waals surface area contributed by atoms with E-state index in [4.69, 9.17) is 4.74 Å². The standard InChI is InChI=1S/C20H26N2O2/c1-24-19-9-5-8-18(16-19)10-13-21-14-12-20(23)22-15-11-17-6-3-2-4-7-17/h2-9,16,21H,10-15H2,1H3,(H,22,23). The van der Waals surface area contributed by atoms with Crippen LogP contribution < -0.4 is 15.4 Å². The second-order valence-corrected chi connectivity index (χ2v) is 5.69. The third-order valence-corrected chi connectivity index (χ3v) is 3.83. The Balaban J connectivity index is 1.53. The SMILES string of the molecule is COc1cccc(CCNCCC(=O)NCCc2ccccc2)c1. The lowest BCUT2D eigenvalue weighted by molar-refractivity contribution is -0.120. The molecule has 0 aliphatic rings. The highest BCUT2D eigenvalue weighted by atomic mass is 16.5. The third-order valence-electron chi connectivity index (χ3n) is 3.83. The van der Waals surface area contributed by atoms with Gasteiger partial charge in [-0.25, -0.2) is 0 Å². The van der Waals surface area contributed by atoms with Crippen LogP contribution in [0.3, 0.4) is 0 Å².